The summed E-state index contributed by atoms with van der Waals surface area (Å²) >= 11 is 0. The molecule has 0 radical (unpaired) electrons. The molecule has 1 amide bonds. The van der Waals surface area contributed by atoms with Crippen LogP contribution >= 0.6 is 0 Å². The molecule has 1 aromatic carbocycles. The van der Waals surface area contributed by atoms with Crippen molar-refractivity contribution in [1.82, 2.24) is 5.32 Å². The summed E-state index contributed by atoms with van der Waals surface area (Å²) in [5, 5.41) is 1.74. The number of carbonyl (C=O) groups excluding carboxylic acids is 2. The smallest absolute Gasteiger partial charge is 0.405 e. The zero-order valence-electron chi connectivity index (χ0n) is 10.6. The Morgan fingerprint density at radius 2 is 2.05 bits per heavy atom. The maximum atomic E-state index is 12.1. The summed E-state index contributed by atoms with van der Waals surface area (Å²) in [4.78, 5) is 23.6. The predicted molar refractivity (Wildman–Crippen MR) is 63.0 cm³/mol. The van der Waals surface area contributed by atoms with Crippen molar-refractivity contribution in [2.24, 2.45) is 0 Å². The molecule has 1 unspecified atom stereocenters. The van der Waals surface area contributed by atoms with Gasteiger partial charge in [-0.3, -0.25) is 4.79 Å². The molecule has 0 bridgehead atoms. The van der Waals surface area contributed by atoms with Crippen molar-refractivity contribution in [3.8, 4) is 0 Å². The van der Waals surface area contributed by atoms with Crippen LogP contribution in [0.25, 0.3) is 0 Å². The Morgan fingerprint density at radius 3 is 2.70 bits per heavy atom. The van der Waals surface area contributed by atoms with E-state index in [0.717, 1.165) is 0 Å². The minimum Gasteiger partial charge on any atom is -0.445 e. The number of alkyl halides is 3. The molecule has 1 aliphatic heterocycles. The number of carbonyl (C=O) groups is 2. The monoisotopic (exact) mass is 287 g/mol. The van der Waals surface area contributed by atoms with E-state index in [-0.39, 0.29) is 6.42 Å². The van der Waals surface area contributed by atoms with Crippen LogP contribution in [0.5, 0.6) is 0 Å². The molecule has 1 N–H and O–H groups in total. The number of benzene rings is 1. The molecule has 1 atom stereocenters. The van der Waals surface area contributed by atoms with Crippen LogP contribution in [0, 0.1) is 0 Å². The Morgan fingerprint density at radius 1 is 1.40 bits per heavy atom. The molecule has 0 aliphatic carbocycles. The zero-order chi connectivity index (χ0) is 15.0. The van der Waals surface area contributed by atoms with Crippen molar-refractivity contribution in [2.45, 2.75) is 25.1 Å². The van der Waals surface area contributed by atoms with Crippen LogP contribution in [-0.4, -0.2) is 30.2 Å². The lowest BCUT2D eigenvalue weighted by atomic mass is 9.89. The van der Waals surface area contributed by atoms with Gasteiger partial charge in [0, 0.05) is 6.42 Å². The zero-order valence-corrected chi connectivity index (χ0v) is 10.6. The summed E-state index contributed by atoms with van der Waals surface area (Å²) in [5.74, 6) is -1.67. The van der Waals surface area contributed by atoms with Gasteiger partial charge in [-0.1, -0.05) is 18.2 Å². The van der Waals surface area contributed by atoms with Gasteiger partial charge in [0.2, 0.25) is 0 Å². The van der Waals surface area contributed by atoms with Gasteiger partial charge in [0.25, 0.3) is 5.91 Å². The number of ether oxygens (including phenoxy) is 1. The van der Waals surface area contributed by atoms with E-state index in [1.165, 1.54) is 6.92 Å². The minimum absolute atomic E-state index is 0.0403. The average Bonchev–Trinajstić information content (AvgIpc) is 2.35. The highest BCUT2D eigenvalue weighted by atomic mass is 19.4. The van der Waals surface area contributed by atoms with E-state index in [9.17, 15) is 22.8 Å². The lowest BCUT2D eigenvalue weighted by Crippen LogP contribution is -2.53. The fraction of sp³-hybridized carbons (Fsp3) is 0.385. The third-order valence-electron chi connectivity index (χ3n) is 3.01. The van der Waals surface area contributed by atoms with Crippen molar-refractivity contribution in [3.05, 3.63) is 35.4 Å². The lowest BCUT2D eigenvalue weighted by Gasteiger charge is -2.33. The Bertz CT molecular complexity index is 556. The van der Waals surface area contributed by atoms with Gasteiger partial charge >= 0.3 is 12.1 Å². The number of halogens is 3. The summed E-state index contributed by atoms with van der Waals surface area (Å²) in [6.45, 7) is -0.160. The quantitative estimate of drug-likeness (QED) is 0.844. The number of cyclic esters (lactones) is 1. The third-order valence-corrected chi connectivity index (χ3v) is 3.01. The molecule has 0 spiro atoms. The van der Waals surface area contributed by atoms with Gasteiger partial charge in [0.1, 0.15) is 6.54 Å². The normalized spacial score (nSPS) is 21.9. The Kier molecular flexibility index (Phi) is 3.45. The lowest BCUT2D eigenvalue weighted by molar-refractivity contribution is -0.150. The number of fused-ring (bicyclic) bond motifs is 1. The Labute approximate surface area is 112 Å². The maximum Gasteiger partial charge on any atom is 0.405 e. The van der Waals surface area contributed by atoms with Gasteiger partial charge in [0.15, 0.2) is 5.60 Å². The van der Waals surface area contributed by atoms with E-state index < -0.39 is 30.2 Å². The second kappa shape index (κ2) is 4.81. The number of esters is 1. The molecule has 1 aromatic rings. The molecule has 0 saturated heterocycles. The van der Waals surface area contributed by atoms with Crippen molar-refractivity contribution in [2.75, 3.05) is 6.54 Å². The molecule has 7 heteroatoms. The SMILES string of the molecule is CC1(C(=O)NCC(F)(F)F)Cc2ccccc2C(=O)O1. The first-order valence-electron chi connectivity index (χ1n) is 5.88. The van der Waals surface area contributed by atoms with Crippen LogP contribution in [0.1, 0.15) is 22.8 Å². The summed E-state index contributed by atoms with van der Waals surface area (Å²) in [7, 11) is 0. The molecule has 4 nitrogen and oxygen atoms in total. The predicted octanol–water partition coefficient (Wildman–Crippen LogP) is 1.84. The molecular formula is C13H12F3NO3. The van der Waals surface area contributed by atoms with E-state index in [1.807, 2.05) is 0 Å². The number of hydrogen-bond donors (Lipinski definition) is 1. The molecule has 1 aliphatic rings. The molecule has 20 heavy (non-hydrogen) atoms. The van der Waals surface area contributed by atoms with Crippen LogP contribution < -0.4 is 5.32 Å². The van der Waals surface area contributed by atoms with Crippen molar-refractivity contribution < 1.29 is 27.5 Å². The standard InChI is InChI=1S/C13H12F3NO3/c1-12(11(19)17-7-13(14,15)16)6-8-4-2-3-5-9(8)10(18)20-12/h2-5H,6-7H2,1H3,(H,17,19). The van der Waals surface area contributed by atoms with Gasteiger partial charge < -0.3 is 10.1 Å². The van der Waals surface area contributed by atoms with Crippen LogP contribution in [0.2, 0.25) is 0 Å². The number of rotatable bonds is 2. The molecule has 1 heterocycles. The second-order valence-electron chi connectivity index (χ2n) is 4.75. The fourth-order valence-corrected chi connectivity index (χ4v) is 2.03. The third kappa shape index (κ3) is 2.92. The van der Waals surface area contributed by atoms with E-state index in [0.29, 0.717) is 11.1 Å². The largest absolute Gasteiger partial charge is 0.445 e. The topological polar surface area (TPSA) is 55.4 Å². The van der Waals surface area contributed by atoms with Crippen LogP contribution in [-0.2, 0) is 16.0 Å². The van der Waals surface area contributed by atoms with Crippen LogP contribution in [0.15, 0.2) is 24.3 Å². The molecule has 2 rings (SSSR count). The highest BCUT2D eigenvalue weighted by Crippen LogP contribution is 2.28. The van der Waals surface area contributed by atoms with Gasteiger partial charge in [0.05, 0.1) is 5.56 Å². The average molecular weight is 287 g/mol. The van der Waals surface area contributed by atoms with Crippen LogP contribution in [0.3, 0.4) is 0 Å². The molecule has 0 fully saturated rings. The Balaban J connectivity index is 2.17. The molecule has 108 valence electrons. The van der Waals surface area contributed by atoms with Gasteiger partial charge in [-0.05, 0) is 18.6 Å². The molecule has 0 saturated carbocycles. The molecule has 0 aromatic heterocycles. The number of amides is 1. The summed E-state index contributed by atoms with van der Waals surface area (Å²) in [6, 6.07) is 6.52. The van der Waals surface area contributed by atoms with E-state index in [4.69, 9.17) is 4.74 Å². The highest BCUT2D eigenvalue weighted by Gasteiger charge is 2.43. The summed E-state index contributed by atoms with van der Waals surface area (Å²) in [5.41, 5.74) is -0.724. The number of hydrogen-bond acceptors (Lipinski definition) is 3. The molecular weight excluding hydrogens is 275 g/mol. The Hall–Kier alpha value is -2.05. The van der Waals surface area contributed by atoms with Crippen molar-refractivity contribution >= 4 is 11.9 Å². The maximum absolute atomic E-state index is 12.1. The fourth-order valence-electron chi connectivity index (χ4n) is 2.03. The van der Waals surface area contributed by atoms with E-state index in [1.54, 1.807) is 29.6 Å². The van der Waals surface area contributed by atoms with Gasteiger partial charge in [-0.25, -0.2) is 4.79 Å². The minimum atomic E-state index is -4.51. The van der Waals surface area contributed by atoms with Gasteiger partial charge in [-0.2, -0.15) is 13.2 Å². The first kappa shape index (κ1) is 14.4. The van der Waals surface area contributed by atoms with E-state index in [2.05, 4.69) is 0 Å². The first-order valence-corrected chi connectivity index (χ1v) is 5.88. The second-order valence-corrected chi connectivity index (χ2v) is 4.75. The summed E-state index contributed by atoms with van der Waals surface area (Å²) < 4.78 is 41.3. The van der Waals surface area contributed by atoms with Crippen LogP contribution in [0.4, 0.5) is 13.2 Å². The van der Waals surface area contributed by atoms with Crippen molar-refractivity contribution in [3.63, 3.8) is 0 Å². The highest BCUT2D eigenvalue weighted by molar-refractivity contribution is 5.97. The number of nitrogens with one attached hydrogen (secondary N) is 1. The van der Waals surface area contributed by atoms with E-state index >= 15 is 0 Å². The first-order chi connectivity index (χ1) is 9.21. The van der Waals surface area contributed by atoms with Gasteiger partial charge in [-0.15, -0.1) is 0 Å². The summed E-state index contributed by atoms with van der Waals surface area (Å²) in [6.07, 6.45) is -4.47. The van der Waals surface area contributed by atoms with Crippen molar-refractivity contribution in [1.29, 1.82) is 0 Å².